The Morgan fingerprint density at radius 1 is 1.17 bits per heavy atom. The number of benzene rings is 2. The van der Waals surface area contributed by atoms with Crippen LogP contribution in [-0.4, -0.2) is 17.4 Å². The number of nitro benzene ring substituents is 1. The maximum Gasteiger partial charge on any atom is 0.269 e. The number of nitrogens with one attached hydrogen (secondary N) is 1. The fourth-order valence-corrected chi connectivity index (χ4v) is 2.59. The van der Waals surface area contributed by atoms with Crippen molar-refractivity contribution < 1.29 is 14.5 Å². The molecule has 3 rings (SSSR count). The maximum atomic E-state index is 12.2. The highest BCUT2D eigenvalue weighted by atomic mass is 16.6. The maximum absolute atomic E-state index is 12.2. The summed E-state index contributed by atoms with van der Waals surface area (Å²) >= 11 is 0. The molecule has 1 aliphatic rings. The van der Waals surface area contributed by atoms with Crippen molar-refractivity contribution in [3.8, 4) is 5.75 Å². The van der Waals surface area contributed by atoms with Crippen molar-refractivity contribution in [2.45, 2.75) is 18.9 Å². The fourth-order valence-electron chi connectivity index (χ4n) is 2.59. The quantitative estimate of drug-likeness (QED) is 0.625. The fraction of sp³-hybridized carbons (Fsp3) is 0.278. The third kappa shape index (κ3) is 4.10. The molecule has 1 amide bonds. The molecule has 1 unspecified atom stereocenters. The predicted octanol–water partition coefficient (Wildman–Crippen LogP) is 3.24. The molecule has 6 nitrogen and oxygen atoms in total. The van der Waals surface area contributed by atoms with Crippen LogP contribution in [-0.2, 0) is 4.79 Å². The van der Waals surface area contributed by atoms with Gasteiger partial charge in [-0.15, -0.1) is 0 Å². The number of carbonyl (C=O) groups excluding carboxylic acids is 1. The monoisotopic (exact) mass is 326 g/mol. The number of ether oxygens (including phenoxy) is 1. The smallest absolute Gasteiger partial charge is 0.269 e. The number of amides is 1. The van der Waals surface area contributed by atoms with Gasteiger partial charge in [0.25, 0.3) is 11.6 Å². The molecule has 1 N–H and O–H groups in total. The normalized spacial score (nSPS) is 14.7. The second-order valence-electron chi connectivity index (χ2n) is 5.83. The molecule has 0 aliphatic heterocycles. The highest BCUT2D eigenvalue weighted by Crippen LogP contribution is 2.40. The van der Waals surface area contributed by atoms with Crippen molar-refractivity contribution in [3.63, 3.8) is 0 Å². The molecule has 124 valence electrons. The molecule has 0 bridgehead atoms. The van der Waals surface area contributed by atoms with E-state index in [4.69, 9.17) is 4.74 Å². The van der Waals surface area contributed by atoms with Gasteiger partial charge in [0.2, 0.25) is 0 Å². The van der Waals surface area contributed by atoms with Crippen molar-refractivity contribution in [2.24, 2.45) is 5.92 Å². The molecule has 2 aromatic carbocycles. The van der Waals surface area contributed by atoms with Gasteiger partial charge >= 0.3 is 0 Å². The summed E-state index contributed by atoms with van der Waals surface area (Å²) in [7, 11) is 0. The Morgan fingerprint density at radius 3 is 2.42 bits per heavy atom. The molecule has 1 fully saturated rings. The molecule has 2 aromatic rings. The SMILES string of the molecule is O=C(COc1ccc([N+](=O)[O-])cc1)NC(c1ccccc1)C1CC1. The van der Waals surface area contributed by atoms with Gasteiger partial charge in [0.1, 0.15) is 5.75 Å². The van der Waals surface area contributed by atoms with E-state index in [1.54, 1.807) is 0 Å². The van der Waals surface area contributed by atoms with Crippen LogP contribution in [0.15, 0.2) is 54.6 Å². The van der Waals surface area contributed by atoms with E-state index in [0.717, 1.165) is 18.4 Å². The molecule has 6 heteroatoms. The van der Waals surface area contributed by atoms with Gasteiger partial charge in [0, 0.05) is 12.1 Å². The summed E-state index contributed by atoms with van der Waals surface area (Å²) in [6.45, 7) is -0.117. The van der Waals surface area contributed by atoms with E-state index in [2.05, 4.69) is 5.32 Å². The van der Waals surface area contributed by atoms with Crippen LogP contribution in [0.2, 0.25) is 0 Å². The third-order valence-corrected chi connectivity index (χ3v) is 3.99. The molecular weight excluding hydrogens is 308 g/mol. The Bertz CT molecular complexity index is 712. The van der Waals surface area contributed by atoms with Crippen LogP contribution in [0.3, 0.4) is 0 Å². The molecule has 0 radical (unpaired) electrons. The topological polar surface area (TPSA) is 81.5 Å². The Kier molecular flexibility index (Phi) is 4.74. The van der Waals surface area contributed by atoms with Crippen molar-refractivity contribution in [3.05, 3.63) is 70.3 Å². The molecule has 1 saturated carbocycles. The van der Waals surface area contributed by atoms with E-state index in [1.165, 1.54) is 24.3 Å². The van der Waals surface area contributed by atoms with Crippen LogP contribution in [0.25, 0.3) is 0 Å². The zero-order valence-corrected chi connectivity index (χ0v) is 13.1. The lowest BCUT2D eigenvalue weighted by Gasteiger charge is -2.19. The van der Waals surface area contributed by atoms with Crippen LogP contribution in [0.4, 0.5) is 5.69 Å². The van der Waals surface area contributed by atoms with Gasteiger partial charge in [0.05, 0.1) is 11.0 Å². The summed E-state index contributed by atoms with van der Waals surface area (Å²) in [5.41, 5.74) is 1.09. The van der Waals surface area contributed by atoms with E-state index in [1.807, 2.05) is 30.3 Å². The summed E-state index contributed by atoms with van der Waals surface area (Å²) in [4.78, 5) is 22.3. The summed E-state index contributed by atoms with van der Waals surface area (Å²) in [5.74, 6) is 0.711. The number of non-ortho nitro benzene ring substituents is 1. The number of nitro groups is 1. The first-order chi connectivity index (χ1) is 11.6. The summed E-state index contributed by atoms with van der Waals surface area (Å²) in [6, 6.07) is 15.6. The van der Waals surface area contributed by atoms with E-state index in [9.17, 15) is 14.9 Å². The minimum Gasteiger partial charge on any atom is -0.484 e. The van der Waals surface area contributed by atoms with E-state index in [-0.39, 0.29) is 24.2 Å². The first-order valence-electron chi connectivity index (χ1n) is 7.85. The average Bonchev–Trinajstić information content (AvgIpc) is 3.44. The minimum absolute atomic E-state index is 0.00956. The van der Waals surface area contributed by atoms with E-state index < -0.39 is 4.92 Å². The molecule has 24 heavy (non-hydrogen) atoms. The molecule has 1 aliphatic carbocycles. The third-order valence-electron chi connectivity index (χ3n) is 3.99. The highest BCUT2D eigenvalue weighted by Gasteiger charge is 2.33. The summed E-state index contributed by atoms with van der Waals surface area (Å²) < 4.78 is 5.40. The molecule has 0 heterocycles. The van der Waals surface area contributed by atoms with Gasteiger partial charge in [-0.2, -0.15) is 0 Å². The standard InChI is InChI=1S/C18H18N2O4/c21-17(12-24-16-10-8-15(9-11-16)20(22)23)19-18(14-6-7-14)13-4-2-1-3-5-13/h1-5,8-11,14,18H,6-7,12H2,(H,19,21). The average molecular weight is 326 g/mol. The summed E-state index contributed by atoms with van der Waals surface area (Å²) in [5, 5.41) is 13.6. The van der Waals surface area contributed by atoms with Crippen molar-refractivity contribution in [1.82, 2.24) is 5.32 Å². The van der Waals surface area contributed by atoms with Crippen molar-refractivity contribution >= 4 is 11.6 Å². The number of nitrogens with zero attached hydrogens (tertiary/aromatic N) is 1. The lowest BCUT2D eigenvalue weighted by atomic mass is 10.0. The number of hydrogen-bond acceptors (Lipinski definition) is 4. The Hall–Kier alpha value is -2.89. The molecule has 0 saturated heterocycles. The minimum atomic E-state index is -0.476. The second-order valence-corrected chi connectivity index (χ2v) is 5.83. The lowest BCUT2D eigenvalue weighted by Crippen LogP contribution is -2.33. The van der Waals surface area contributed by atoms with Crippen LogP contribution >= 0.6 is 0 Å². The van der Waals surface area contributed by atoms with Gasteiger partial charge in [-0.3, -0.25) is 14.9 Å². The van der Waals surface area contributed by atoms with E-state index in [0.29, 0.717) is 11.7 Å². The molecule has 1 atom stereocenters. The number of hydrogen-bond donors (Lipinski definition) is 1. The lowest BCUT2D eigenvalue weighted by molar-refractivity contribution is -0.384. The first kappa shape index (κ1) is 16.0. The van der Waals surface area contributed by atoms with Gasteiger partial charge in [0.15, 0.2) is 6.61 Å². The Balaban J connectivity index is 1.55. The largest absolute Gasteiger partial charge is 0.484 e. The van der Waals surface area contributed by atoms with Crippen LogP contribution < -0.4 is 10.1 Å². The van der Waals surface area contributed by atoms with Crippen molar-refractivity contribution in [2.75, 3.05) is 6.61 Å². The molecule has 0 aromatic heterocycles. The predicted molar refractivity (Wildman–Crippen MR) is 88.6 cm³/mol. The first-order valence-corrected chi connectivity index (χ1v) is 7.85. The Morgan fingerprint density at radius 2 is 1.83 bits per heavy atom. The van der Waals surface area contributed by atoms with E-state index >= 15 is 0 Å². The van der Waals surface area contributed by atoms with Crippen LogP contribution in [0.5, 0.6) is 5.75 Å². The van der Waals surface area contributed by atoms with Crippen LogP contribution in [0.1, 0.15) is 24.4 Å². The molecule has 0 spiro atoms. The summed E-state index contributed by atoms with van der Waals surface area (Å²) in [6.07, 6.45) is 2.23. The van der Waals surface area contributed by atoms with Gasteiger partial charge in [-0.05, 0) is 36.5 Å². The number of rotatable bonds is 7. The van der Waals surface area contributed by atoms with Gasteiger partial charge < -0.3 is 10.1 Å². The van der Waals surface area contributed by atoms with Crippen LogP contribution in [0, 0.1) is 16.0 Å². The second kappa shape index (κ2) is 7.12. The highest BCUT2D eigenvalue weighted by molar-refractivity contribution is 5.78. The van der Waals surface area contributed by atoms with Crippen molar-refractivity contribution in [1.29, 1.82) is 0 Å². The zero-order chi connectivity index (χ0) is 16.9. The van der Waals surface area contributed by atoms with Gasteiger partial charge in [-0.25, -0.2) is 0 Å². The molecular formula is C18H18N2O4. The number of carbonyl (C=O) groups is 1. The Labute approximate surface area is 139 Å². The van der Waals surface area contributed by atoms with Gasteiger partial charge in [-0.1, -0.05) is 30.3 Å². The zero-order valence-electron chi connectivity index (χ0n) is 13.1.